The van der Waals surface area contributed by atoms with Crippen molar-refractivity contribution in [2.24, 2.45) is 0 Å². The second-order valence-corrected chi connectivity index (χ2v) is 19.5. The predicted molar refractivity (Wildman–Crippen MR) is 260 cm³/mol. The number of ether oxygens (including phenoxy) is 1. The van der Waals surface area contributed by atoms with Gasteiger partial charge in [-0.2, -0.15) is 0 Å². The monoisotopic (exact) mass is 801 g/mol. The van der Waals surface area contributed by atoms with E-state index in [9.17, 15) is 0 Å². The molecule has 0 spiro atoms. The largest absolute Gasteiger partial charge is 0.457 e. The van der Waals surface area contributed by atoms with Gasteiger partial charge in [0.2, 0.25) is 0 Å². The minimum Gasteiger partial charge on any atom is -0.457 e. The highest BCUT2D eigenvalue weighted by molar-refractivity contribution is 6.09. The molecule has 0 saturated heterocycles. The minimum absolute atomic E-state index is 0.0180. The number of nitrogens with zero attached hydrogens (tertiary/aromatic N) is 3. The standard InChI is InChI=1S/C57H59N3O/c1-37(2)45-22-18-23-46(38(3)4)55(45)39-31-42(58-36-59(53-28-16-15-27-52(53)58)51-26-14-12-24-49(51)57(8,9)10)34-44(32-39)61-43-29-30-48-47-21-11-13-25-50(47)60(54(48)35-43)41-20-17-19-40(33-41)56(5,6)7/h11-35,37-38H,36H2,1-10H3. The van der Waals surface area contributed by atoms with Crippen LogP contribution in [0.3, 0.4) is 0 Å². The van der Waals surface area contributed by atoms with E-state index in [1.54, 1.807) is 0 Å². The van der Waals surface area contributed by atoms with Crippen LogP contribution in [0.25, 0.3) is 38.6 Å². The maximum atomic E-state index is 7.12. The van der Waals surface area contributed by atoms with Crippen LogP contribution in [0, 0.1) is 0 Å². The zero-order chi connectivity index (χ0) is 42.8. The maximum Gasteiger partial charge on any atom is 0.130 e. The number of aromatic nitrogens is 1. The van der Waals surface area contributed by atoms with Gasteiger partial charge in [-0.3, -0.25) is 0 Å². The fourth-order valence-electron chi connectivity index (χ4n) is 9.35. The van der Waals surface area contributed by atoms with Crippen LogP contribution in [-0.2, 0) is 10.8 Å². The predicted octanol–water partition coefficient (Wildman–Crippen LogP) is 16.3. The topological polar surface area (TPSA) is 20.6 Å². The molecule has 61 heavy (non-hydrogen) atoms. The van der Waals surface area contributed by atoms with Gasteiger partial charge in [0.1, 0.15) is 18.2 Å². The Morgan fingerprint density at radius 3 is 1.79 bits per heavy atom. The number of fused-ring (bicyclic) bond motifs is 4. The fourth-order valence-corrected chi connectivity index (χ4v) is 9.35. The molecule has 0 saturated carbocycles. The second-order valence-electron chi connectivity index (χ2n) is 19.5. The van der Waals surface area contributed by atoms with Crippen LogP contribution in [0.5, 0.6) is 11.5 Å². The molecule has 1 aliphatic heterocycles. The third-order valence-corrected chi connectivity index (χ3v) is 12.5. The van der Waals surface area contributed by atoms with E-state index in [1.165, 1.54) is 66.7 Å². The van der Waals surface area contributed by atoms with E-state index in [0.717, 1.165) is 28.4 Å². The Morgan fingerprint density at radius 1 is 0.475 bits per heavy atom. The number of benzene rings is 7. The molecule has 0 atom stereocenters. The van der Waals surface area contributed by atoms with Gasteiger partial charge in [0.25, 0.3) is 0 Å². The Labute approximate surface area is 363 Å². The van der Waals surface area contributed by atoms with Crippen molar-refractivity contribution in [2.45, 2.75) is 91.9 Å². The molecule has 4 heteroatoms. The molecule has 0 radical (unpaired) electrons. The Morgan fingerprint density at radius 2 is 1.10 bits per heavy atom. The van der Waals surface area contributed by atoms with Crippen LogP contribution in [-0.4, -0.2) is 11.2 Å². The van der Waals surface area contributed by atoms with E-state index in [-0.39, 0.29) is 10.8 Å². The molecule has 308 valence electrons. The lowest BCUT2D eigenvalue weighted by molar-refractivity contribution is 0.483. The second kappa shape index (κ2) is 15.3. The van der Waals surface area contributed by atoms with E-state index < -0.39 is 0 Å². The molecule has 0 aliphatic carbocycles. The molecule has 1 aromatic heterocycles. The van der Waals surface area contributed by atoms with E-state index >= 15 is 0 Å². The van der Waals surface area contributed by atoms with Crippen LogP contribution >= 0.6 is 0 Å². The average Bonchev–Trinajstić information content (AvgIpc) is 3.79. The van der Waals surface area contributed by atoms with Crippen LogP contribution in [0.1, 0.15) is 103 Å². The SMILES string of the molecule is CC(C)c1cccc(C(C)C)c1-c1cc(Oc2ccc3c4ccccc4n(-c4cccc(C(C)(C)C)c4)c3c2)cc(N2CN(c3ccccc3C(C)(C)C)c3ccccc32)c1. The van der Waals surface area contributed by atoms with E-state index in [4.69, 9.17) is 4.74 Å². The highest BCUT2D eigenvalue weighted by Crippen LogP contribution is 2.49. The lowest BCUT2D eigenvalue weighted by Crippen LogP contribution is -2.26. The first-order valence-electron chi connectivity index (χ1n) is 22.0. The molecule has 0 fully saturated rings. The van der Waals surface area contributed by atoms with Crippen LogP contribution < -0.4 is 14.5 Å². The van der Waals surface area contributed by atoms with Crippen LogP contribution in [0.4, 0.5) is 22.7 Å². The summed E-state index contributed by atoms with van der Waals surface area (Å²) in [6.45, 7) is 23.6. The average molecular weight is 802 g/mol. The third kappa shape index (κ3) is 7.37. The Bertz CT molecular complexity index is 2890. The van der Waals surface area contributed by atoms with Crippen molar-refractivity contribution in [3.05, 3.63) is 174 Å². The van der Waals surface area contributed by atoms with Gasteiger partial charge in [-0.1, -0.05) is 148 Å². The number of rotatable bonds is 8. The maximum absolute atomic E-state index is 7.12. The zero-order valence-corrected chi connectivity index (χ0v) is 37.5. The molecule has 0 unspecified atom stereocenters. The van der Waals surface area contributed by atoms with E-state index in [0.29, 0.717) is 18.5 Å². The van der Waals surface area contributed by atoms with Crippen molar-refractivity contribution in [1.29, 1.82) is 0 Å². The molecular formula is C57H59N3O. The molecule has 1 aliphatic rings. The van der Waals surface area contributed by atoms with Crippen LogP contribution in [0.15, 0.2) is 152 Å². The fraction of sp³-hybridized carbons (Fsp3) is 0.263. The first-order chi connectivity index (χ1) is 29.2. The lowest BCUT2D eigenvalue weighted by atomic mass is 9.85. The summed E-state index contributed by atoms with van der Waals surface area (Å²) in [6.07, 6.45) is 0. The Balaban J connectivity index is 1.22. The number of anilines is 4. The summed E-state index contributed by atoms with van der Waals surface area (Å²) in [4.78, 5) is 4.94. The van der Waals surface area contributed by atoms with Gasteiger partial charge in [-0.25, -0.2) is 0 Å². The molecule has 0 N–H and O–H groups in total. The van der Waals surface area contributed by atoms with Gasteiger partial charge >= 0.3 is 0 Å². The normalized spacial score (nSPS) is 13.2. The minimum atomic E-state index is -0.0180. The van der Waals surface area contributed by atoms with Gasteiger partial charge in [0.15, 0.2) is 0 Å². The number of hydrogen-bond donors (Lipinski definition) is 0. The highest BCUT2D eigenvalue weighted by Gasteiger charge is 2.32. The van der Waals surface area contributed by atoms with Crippen LogP contribution in [0.2, 0.25) is 0 Å². The van der Waals surface area contributed by atoms with Gasteiger partial charge < -0.3 is 19.1 Å². The molecular weight excluding hydrogens is 743 g/mol. The molecule has 7 aromatic carbocycles. The summed E-state index contributed by atoms with van der Waals surface area (Å²) in [6, 6.07) is 55.7. The highest BCUT2D eigenvalue weighted by atomic mass is 16.5. The molecule has 2 heterocycles. The number of para-hydroxylation sites is 4. The Hall–Kier alpha value is -6.26. The van der Waals surface area contributed by atoms with Crippen molar-refractivity contribution in [3.8, 4) is 28.3 Å². The van der Waals surface area contributed by atoms with Crippen molar-refractivity contribution >= 4 is 44.6 Å². The lowest BCUT2D eigenvalue weighted by Gasteiger charge is -2.29. The molecule has 0 bridgehead atoms. The first-order valence-corrected chi connectivity index (χ1v) is 22.0. The summed E-state index contributed by atoms with van der Waals surface area (Å²) in [5, 5.41) is 2.43. The van der Waals surface area contributed by atoms with Crippen molar-refractivity contribution in [2.75, 3.05) is 16.5 Å². The molecule has 4 nitrogen and oxygen atoms in total. The summed E-state index contributed by atoms with van der Waals surface area (Å²) in [5.41, 5.74) is 16.0. The van der Waals surface area contributed by atoms with Gasteiger partial charge in [0.05, 0.1) is 22.4 Å². The Kier molecular flexibility index (Phi) is 10.1. The summed E-state index contributed by atoms with van der Waals surface area (Å²) in [7, 11) is 0. The molecule has 0 amide bonds. The van der Waals surface area contributed by atoms with E-state index in [2.05, 4.69) is 235 Å². The zero-order valence-electron chi connectivity index (χ0n) is 37.5. The summed E-state index contributed by atoms with van der Waals surface area (Å²) < 4.78 is 9.52. The summed E-state index contributed by atoms with van der Waals surface area (Å²) >= 11 is 0. The molecule has 8 aromatic rings. The van der Waals surface area contributed by atoms with Gasteiger partial charge in [0, 0.05) is 40.0 Å². The third-order valence-electron chi connectivity index (χ3n) is 12.5. The quantitative estimate of drug-likeness (QED) is 0.153. The number of hydrogen-bond acceptors (Lipinski definition) is 3. The summed E-state index contributed by atoms with van der Waals surface area (Å²) in [5.74, 6) is 2.30. The van der Waals surface area contributed by atoms with Gasteiger partial charge in [-0.05, 0) is 117 Å². The van der Waals surface area contributed by atoms with Crippen molar-refractivity contribution in [3.63, 3.8) is 0 Å². The first kappa shape index (κ1) is 40.2. The van der Waals surface area contributed by atoms with Crippen molar-refractivity contribution in [1.82, 2.24) is 4.57 Å². The van der Waals surface area contributed by atoms with E-state index in [1.807, 2.05) is 0 Å². The smallest absolute Gasteiger partial charge is 0.130 e. The van der Waals surface area contributed by atoms with Crippen molar-refractivity contribution < 1.29 is 4.74 Å². The molecule has 9 rings (SSSR count). The van der Waals surface area contributed by atoms with Gasteiger partial charge in [-0.15, -0.1) is 0 Å².